The average molecular weight is 678 g/mol. The number of ether oxygens (including phenoxy) is 5. The van der Waals surface area contributed by atoms with Gasteiger partial charge in [-0.15, -0.1) is 0 Å². The van der Waals surface area contributed by atoms with Crippen LogP contribution in [-0.2, 0) is 35.4 Å². The molecule has 0 radical (unpaired) electrons. The molecule has 5 atom stereocenters. The van der Waals surface area contributed by atoms with E-state index in [-0.39, 0.29) is 36.9 Å². The summed E-state index contributed by atoms with van der Waals surface area (Å²) in [5.74, 6) is 0.441. The molecule has 2 aliphatic heterocycles. The molecule has 0 spiro atoms. The van der Waals surface area contributed by atoms with Crippen LogP contribution in [-0.4, -0.2) is 102 Å². The van der Waals surface area contributed by atoms with Gasteiger partial charge in [-0.1, -0.05) is 44.2 Å². The normalized spacial score (nSPS) is 20.7. The molecule has 2 heterocycles. The number of alkyl carbamates (subject to hydrolysis) is 2. The van der Waals surface area contributed by atoms with Gasteiger partial charge in [-0.2, -0.15) is 4.31 Å². The Morgan fingerprint density at radius 1 is 1.06 bits per heavy atom. The van der Waals surface area contributed by atoms with Crippen LogP contribution in [0.2, 0.25) is 0 Å². The highest BCUT2D eigenvalue weighted by atomic mass is 32.2. The number of carbonyl (C=O) groups is 2. The molecule has 2 fully saturated rings. The van der Waals surface area contributed by atoms with E-state index in [1.165, 1.54) is 30.7 Å². The minimum Gasteiger partial charge on any atom is -0.497 e. The fourth-order valence-corrected chi connectivity index (χ4v) is 7.53. The van der Waals surface area contributed by atoms with Gasteiger partial charge < -0.3 is 39.4 Å². The maximum Gasteiger partial charge on any atom is 0.407 e. The SMILES string of the molecule is COC(=O)NCCCC(C)(C)CN(C[C@@H](O)[C@H](Cc1ccccc1)NC(=O)O[C@H]1CO[C@H]2OCC[C@H]21)S(=O)(=O)c1ccc(OC)cc1. The number of benzene rings is 2. The molecule has 2 aromatic rings. The molecule has 14 heteroatoms. The number of nitrogens with one attached hydrogen (secondary N) is 2. The molecule has 2 aromatic carbocycles. The summed E-state index contributed by atoms with van der Waals surface area (Å²) in [6, 6.07) is 14.5. The van der Waals surface area contributed by atoms with Gasteiger partial charge in [0.1, 0.15) is 11.9 Å². The second kappa shape index (κ2) is 16.6. The van der Waals surface area contributed by atoms with E-state index in [0.717, 1.165) is 5.56 Å². The molecule has 0 saturated carbocycles. The molecule has 2 saturated heterocycles. The van der Waals surface area contributed by atoms with Gasteiger partial charge in [-0.05, 0) is 60.9 Å². The number of hydrogen-bond acceptors (Lipinski definition) is 10. The number of sulfonamides is 1. The Kier molecular flexibility index (Phi) is 12.9. The first kappa shape index (κ1) is 36.4. The van der Waals surface area contributed by atoms with Crippen LogP contribution in [0, 0.1) is 11.3 Å². The largest absolute Gasteiger partial charge is 0.497 e. The lowest BCUT2D eigenvalue weighted by molar-refractivity contribution is -0.0907. The Bertz CT molecular complexity index is 1410. The first-order valence-electron chi connectivity index (χ1n) is 15.8. The van der Waals surface area contributed by atoms with Crippen molar-refractivity contribution in [2.45, 2.75) is 69.0 Å². The van der Waals surface area contributed by atoms with Gasteiger partial charge in [-0.3, -0.25) is 0 Å². The van der Waals surface area contributed by atoms with Gasteiger partial charge in [0.25, 0.3) is 0 Å². The van der Waals surface area contributed by atoms with Crippen LogP contribution in [0.5, 0.6) is 5.75 Å². The van der Waals surface area contributed by atoms with Crippen LogP contribution >= 0.6 is 0 Å². The van der Waals surface area contributed by atoms with Crippen molar-refractivity contribution < 1.29 is 46.8 Å². The van der Waals surface area contributed by atoms with E-state index in [9.17, 15) is 23.1 Å². The minimum atomic E-state index is -4.11. The maximum absolute atomic E-state index is 14.1. The minimum absolute atomic E-state index is 0.0372. The van der Waals surface area contributed by atoms with Crippen LogP contribution < -0.4 is 15.4 Å². The number of nitrogens with zero attached hydrogens (tertiary/aromatic N) is 1. The number of aliphatic hydroxyl groups excluding tert-OH is 1. The van der Waals surface area contributed by atoms with Crippen LogP contribution in [0.25, 0.3) is 0 Å². The summed E-state index contributed by atoms with van der Waals surface area (Å²) in [5.41, 5.74) is 0.286. The molecule has 0 aliphatic carbocycles. The fraction of sp³-hybridized carbons (Fsp3) is 0.576. The van der Waals surface area contributed by atoms with Crippen molar-refractivity contribution >= 4 is 22.2 Å². The quantitative estimate of drug-likeness (QED) is 0.225. The maximum atomic E-state index is 14.1. The zero-order valence-corrected chi connectivity index (χ0v) is 28.2. The molecule has 260 valence electrons. The second-order valence-corrected chi connectivity index (χ2v) is 14.6. The second-order valence-electron chi connectivity index (χ2n) is 12.6. The van der Waals surface area contributed by atoms with Gasteiger partial charge >= 0.3 is 12.2 Å². The van der Waals surface area contributed by atoms with E-state index in [4.69, 9.17) is 18.9 Å². The molecule has 2 aliphatic rings. The van der Waals surface area contributed by atoms with Crippen LogP contribution in [0.1, 0.15) is 38.7 Å². The van der Waals surface area contributed by atoms with Crippen LogP contribution in [0.4, 0.5) is 9.59 Å². The summed E-state index contributed by atoms with van der Waals surface area (Å²) in [6.45, 7) is 4.71. The van der Waals surface area contributed by atoms with E-state index < -0.39 is 52.2 Å². The highest BCUT2D eigenvalue weighted by Crippen LogP contribution is 2.33. The molecule has 47 heavy (non-hydrogen) atoms. The number of fused-ring (bicyclic) bond motifs is 1. The van der Waals surface area contributed by atoms with E-state index in [1.807, 2.05) is 44.2 Å². The predicted octanol–water partition coefficient (Wildman–Crippen LogP) is 3.31. The number of rotatable bonds is 16. The van der Waals surface area contributed by atoms with Crippen molar-refractivity contribution in [2.24, 2.45) is 11.3 Å². The van der Waals surface area contributed by atoms with E-state index in [2.05, 4.69) is 15.4 Å². The van der Waals surface area contributed by atoms with Gasteiger partial charge in [0, 0.05) is 19.6 Å². The van der Waals surface area contributed by atoms with Crippen molar-refractivity contribution in [2.75, 3.05) is 47.1 Å². The zero-order chi connectivity index (χ0) is 34.0. The summed E-state index contributed by atoms with van der Waals surface area (Å²) < 4.78 is 56.1. The van der Waals surface area contributed by atoms with E-state index >= 15 is 0 Å². The smallest absolute Gasteiger partial charge is 0.407 e. The van der Waals surface area contributed by atoms with Gasteiger partial charge in [0.05, 0.1) is 50.4 Å². The summed E-state index contributed by atoms with van der Waals surface area (Å²) in [7, 11) is -1.33. The highest BCUT2D eigenvalue weighted by Gasteiger charge is 2.44. The lowest BCUT2D eigenvalue weighted by Gasteiger charge is -2.35. The lowest BCUT2D eigenvalue weighted by Crippen LogP contribution is -2.52. The summed E-state index contributed by atoms with van der Waals surface area (Å²) >= 11 is 0. The van der Waals surface area contributed by atoms with Crippen LogP contribution in [0.15, 0.2) is 59.5 Å². The lowest BCUT2D eigenvalue weighted by atomic mass is 9.87. The molecule has 0 unspecified atom stereocenters. The first-order chi connectivity index (χ1) is 22.4. The molecule has 4 rings (SSSR count). The van der Waals surface area contributed by atoms with Gasteiger partial charge in [0.2, 0.25) is 10.0 Å². The number of amides is 2. The third kappa shape index (κ3) is 10.3. The molecular weight excluding hydrogens is 630 g/mol. The molecule has 0 aromatic heterocycles. The summed E-state index contributed by atoms with van der Waals surface area (Å²) in [6.07, 6.45) is -1.38. The number of hydrogen-bond donors (Lipinski definition) is 3. The topological polar surface area (TPSA) is 162 Å². The molecule has 3 N–H and O–H groups in total. The standard InChI is InChI=1S/C33H47N3O10S/c1-33(2,16-8-17-34-31(38)43-4)22-36(47(40,41)25-13-11-24(42-3)12-14-25)20-28(37)27(19-23-9-6-5-7-10-23)35-32(39)46-29-21-45-30-26(29)15-18-44-30/h5-7,9-14,26-30,37H,8,15-22H2,1-4H3,(H,34,38)(H,35,39)/t26-,27-,28+,29-,30+/m0/s1. The third-order valence-corrected chi connectivity index (χ3v) is 10.3. The Balaban J connectivity index is 1.54. The number of aliphatic hydroxyl groups is 1. The zero-order valence-electron chi connectivity index (χ0n) is 27.4. The predicted molar refractivity (Wildman–Crippen MR) is 172 cm³/mol. The first-order valence-corrected chi connectivity index (χ1v) is 17.2. The third-order valence-electron chi connectivity index (χ3n) is 8.49. The molecule has 13 nitrogen and oxygen atoms in total. The fourth-order valence-electron chi connectivity index (χ4n) is 5.89. The van der Waals surface area contributed by atoms with Gasteiger partial charge in [-0.25, -0.2) is 18.0 Å². The Hall–Kier alpha value is -3.43. The average Bonchev–Trinajstić information content (AvgIpc) is 3.68. The molecule has 0 bridgehead atoms. The van der Waals surface area contributed by atoms with Crippen molar-refractivity contribution in [3.63, 3.8) is 0 Å². The summed E-state index contributed by atoms with van der Waals surface area (Å²) in [4.78, 5) is 24.7. The summed E-state index contributed by atoms with van der Waals surface area (Å²) in [5, 5.41) is 17.1. The van der Waals surface area contributed by atoms with Crippen molar-refractivity contribution in [3.8, 4) is 5.75 Å². The monoisotopic (exact) mass is 677 g/mol. The van der Waals surface area contributed by atoms with Crippen molar-refractivity contribution in [1.29, 1.82) is 0 Å². The Labute approximate surface area is 276 Å². The van der Waals surface area contributed by atoms with Crippen LogP contribution in [0.3, 0.4) is 0 Å². The molecular formula is C33H47N3O10S. The number of carbonyl (C=O) groups excluding carboxylic acids is 2. The Morgan fingerprint density at radius 2 is 1.79 bits per heavy atom. The van der Waals surface area contributed by atoms with Gasteiger partial charge in [0.15, 0.2) is 6.29 Å². The highest BCUT2D eigenvalue weighted by molar-refractivity contribution is 7.89. The Morgan fingerprint density at radius 3 is 2.47 bits per heavy atom. The molecule has 2 amide bonds. The van der Waals surface area contributed by atoms with Crippen molar-refractivity contribution in [3.05, 3.63) is 60.2 Å². The van der Waals surface area contributed by atoms with E-state index in [1.54, 1.807) is 12.1 Å². The number of methoxy groups -OCH3 is 2. The van der Waals surface area contributed by atoms with E-state index in [0.29, 0.717) is 38.2 Å². The van der Waals surface area contributed by atoms with Crippen molar-refractivity contribution in [1.82, 2.24) is 14.9 Å².